The molecule has 0 aliphatic rings. The van der Waals surface area contributed by atoms with E-state index in [2.05, 4.69) is 43.5 Å². The number of nitrogens with one attached hydrogen (secondary N) is 1. The van der Waals surface area contributed by atoms with Gasteiger partial charge >= 0.3 is 19.8 Å². The van der Waals surface area contributed by atoms with Crippen LogP contribution in [0.5, 0.6) is 0 Å². The third kappa shape index (κ3) is 40.5. The molecule has 0 radical (unpaired) electrons. The van der Waals surface area contributed by atoms with Crippen LogP contribution >= 0.6 is 7.82 Å². The number of aliphatic hydroxyl groups excluding tert-OH is 1. The zero-order valence-electron chi connectivity index (χ0n) is 36.2. The van der Waals surface area contributed by atoms with Gasteiger partial charge in [-0.3, -0.25) is 18.6 Å². The molecule has 11 nitrogen and oxygen atoms in total. The lowest BCUT2D eigenvalue weighted by molar-refractivity contribution is -0.147. The predicted molar refractivity (Wildman–Crippen MR) is 231 cm³/mol. The Balaban J connectivity index is 3.88. The number of carbonyl (C=O) groups is 3. The van der Waals surface area contributed by atoms with E-state index in [0.717, 1.165) is 51.4 Å². The summed E-state index contributed by atoms with van der Waals surface area (Å²) in [7, 11) is -4.75. The lowest BCUT2D eigenvalue weighted by Gasteiger charge is -2.18. The highest BCUT2D eigenvalue weighted by Crippen LogP contribution is 2.43. The Bertz CT molecular complexity index is 1070. The number of allylic oxidation sites excluding steroid dienone is 4. The fourth-order valence-electron chi connectivity index (χ4n) is 6.40. The summed E-state index contributed by atoms with van der Waals surface area (Å²) in [6.45, 7) is 2.58. The van der Waals surface area contributed by atoms with Crippen molar-refractivity contribution >= 4 is 25.7 Å². The molecule has 0 rings (SSSR count). The minimum atomic E-state index is -4.75. The normalized spacial score (nSPS) is 13.9. The zero-order valence-corrected chi connectivity index (χ0v) is 37.0. The topological polar surface area (TPSA) is 169 Å². The molecule has 3 unspecified atom stereocenters. The Morgan fingerprint density at radius 3 is 1.46 bits per heavy atom. The van der Waals surface area contributed by atoms with Crippen molar-refractivity contribution in [2.75, 3.05) is 19.8 Å². The second kappa shape index (κ2) is 40.7. The van der Waals surface area contributed by atoms with Gasteiger partial charge in [-0.1, -0.05) is 179 Å². The summed E-state index contributed by atoms with van der Waals surface area (Å²) in [6.07, 6.45) is 41.9. The van der Waals surface area contributed by atoms with Crippen molar-refractivity contribution in [3.63, 3.8) is 0 Å². The summed E-state index contributed by atoms with van der Waals surface area (Å²) in [5.74, 6) is -2.37. The number of esters is 1. The van der Waals surface area contributed by atoms with Crippen molar-refractivity contribution in [1.82, 2.24) is 5.32 Å². The molecule has 57 heavy (non-hydrogen) atoms. The monoisotopic (exact) mass is 830 g/mol. The van der Waals surface area contributed by atoms with Gasteiger partial charge in [0.2, 0.25) is 5.91 Å². The number of aliphatic carboxylic acids is 1. The summed E-state index contributed by atoms with van der Waals surface area (Å²) in [5.41, 5.74) is 0. The quantitative estimate of drug-likeness (QED) is 0.0201. The summed E-state index contributed by atoms with van der Waals surface area (Å²) in [4.78, 5) is 45.9. The Labute approximate surface area is 347 Å². The number of ether oxygens (including phenoxy) is 1. The van der Waals surface area contributed by atoms with Crippen LogP contribution in [0.2, 0.25) is 0 Å². The van der Waals surface area contributed by atoms with Crippen LogP contribution in [0.15, 0.2) is 24.3 Å². The average Bonchev–Trinajstić information content (AvgIpc) is 3.18. The van der Waals surface area contributed by atoms with Gasteiger partial charge in [-0.2, -0.15) is 0 Å². The van der Waals surface area contributed by atoms with Gasteiger partial charge in [0.15, 0.2) is 6.04 Å². The molecule has 0 spiro atoms. The molecule has 0 saturated heterocycles. The molecular formula is C45H84NO10P. The standard InChI is InChI=1S/C45H84NO10P/c1-3-5-7-9-11-13-15-17-19-21-23-25-27-29-31-33-35-37-44(49)54-38-41(47)39-55-57(52,53)56-40-42(45(50)51)46-43(48)36-34-32-30-28-26-24-22-20-18-16-14-12-10-8-6-4-2/h11,13,17,19,41-42,47H,3-10,12,14-16,18,20-40H2,1-2H3,(H,46,48)(H,50,51)(H,52,53)/b13-11-,19-17-. The maximum Gasteiger partial charge on any atom is 0.472 e. The first-order valence-corrected chi connectivity index (χ1v) is 24.4. The molecule has 0 aromatic heterocycles. The van der Waals surface area contributed by atoms with Gasteiger partial charge in [0.05, 0.1) is 13.2 Å². The molecule has 0 fully saturated rings. The van der Waals surface area contributed by atoms with Crippen LogP contribution in [0.3, 0.4) is 0 Å². The number of aliphatic hydroxyl groups is 1. The lowest BCUT2D eigenvalue weighted by atomic mass is 10.0. The molecule has 0 aromatic carbocycles. The van der Waals surface area contributed by atoms with Crippen LogP contribution in [0.25, 0.3) is 0 Å². The van der Waals surface area contributed by atoms with Crippen molar-refractivity contribution in [3.8, 4) is 0 Å². The molecule has 0 bridgehead atoms. The minimum absolute atomic E-state index is 0.149. The summed E-state index contributed by atoms with van der Waals surface area (Å²) in [5, 5.41) is 21.8. The van der Waals surface area contributed by atoms with Crippen molar-refractivity contribution in [1.29, 1.82) is 0 Å². The molecule has 12 heteroatoms. The maximum atomic E-state index is 12.3. The largest absolute Gasteiger partial charge is 0.480 e. The second-order valence-electron chi connectivity index (χ2n) is 15.6. The smallest absolute Gasteiger partial charge is 0.472 e. The SMILES string of the molecule is CCCCC/C=C\C/C=C\CCCCCCCCCC(=O)OCC(O)COP(=O)(O)OCC(NC(=O)CCCCCCCCCCCCCCCCCC)C(=O)O. The number of carboxylic acids is 1. The van der Waals surface area contributed by atoms with E-state index in [1.165, 1.54) is 122 Å². The van der Waals surface area contributed by atoms with Crippen LogP contribution in [0.1, 0.15) is 213 Å². The fourth-order valence-corrected chi connectivity index (χ4v) is 7.18. The number of hydrogen-bond donors (Lipinski definition) is 4. The van der Waals surface area contributed by atoms with E-state index < -0.39 is 57.6 Å². The van der Waals surface area contributed by atoms with Gasteiger partial charge in [0, 0.05) is 12.8 Å². The van der Waals surface area contributed by atoms with Crippen molar-refractivity contribution in [2.24, 2.45) is 0 Å². The van der Waals surface area contributed by atoms with E-state index in [0.29, 0.717) is 12.8 Å². The van der Waals surface area contributed by atoms with Gasteiger partial charge in [0.25, 0.3) is 0 Å². The molecular weight excluding hydrogens is 745 g/mol. The van der Waals surface area contributed by atoms with Crippen molar-refractivity contribution in [3.05, 3.63) is 24.3 Å². The molecule has 0 heterocycles. The van der Waals surface area contributed by atoms with E-state index in [9.17, 15) is 34.1 Å². The Morgan fingerprint density at radius 1 is 0.561 bits per heavy atom. The molecule has 1 amide bonds. The van der Waals surface area contributed by atoms with Crippen molar-refractivity contribution in [2.45, 2.75) is 225 Å². The molecule has 0 aliphatic carbocycles. The van der Waals surface area contributed by atoms with Crippen LogP contribution in [0, 0.1) is 0 Å². The third-order valence-electron chi connectivity index (χ3n) is 9.99. The fraction of sp³-hybridized carbons (Fsp3) is 0.844. The number of rotatable bonds is 43. The van der Waals surface area contributed by atoms with E-state index in [-0.39, 0.29) is 12.8 Å². The number of hydrogen-bond acceptors (Lipinski definition) is 8. The highest BCUT2D eigenvalue weighted by atomic mass is 31.2. The molecule has 0 aliphatic heterocycles. The van der Waals surface area contributed by atoms with Gasteiger partial charge in [-0.05, 0) is 44.9 Å². The first kappa shape index (κ1) is 55.0. The lowest BCUT2D eigenvalue weighted by Crippen LogP contribution is -2.43. The maximum absolute atomic E-state index is 12.3. The van der Waals surface area contributed by atoms with Gasteiger partial charge < -0.3 is 25.2 Å². The number of carbonyl (C=O) groups excluding carboxylic acids is 2. The average molecular weight is 830 g/mol. The molecule has 4 N–H and O–H groups in total. The number of carboxylic acid groups (broad SMARTS) is 1. The van der Waals surface area contributed by atoms with Crippen molar-refractivity contribution < 1.29 is 47.8 Å². The van der Waals surface area contributed by atoms with Gasteiger partial charge in [0.1, 0.15) is 12.7 Å². The summed E-state index contributed by atoms with van der Waals surface area (Å²) in [6, 6.07) is -1.54. The highest BCUT2D eigenvalue weighted by Gasteiger charge is 2.28. The molecule has 3 atom stereocenters. The summed E-state index contributed by atoms with van der Waals surface area (Å²) >= 11 is 0. The van der Waals surface area contributed by atoms with Gasteiger partial charge in [-0.15, -0.1) is 0 Å². The van der Waals surface area contributed by atoms with Crippen LogP contribution in [0.4, 0.5) is 0 Å². The Hall–Kier alpha value is -2.04. The molecule has 334 valence electrons. The number of phosphoric ester groups is 1. The first-order chi connectivity index (χ1) is 27.6. The second-order valence-corrected chi connectivity index (χ2v) is 17.0. The summed E-state index contributed by atoms with van der Waals surface area (Å²) < 4.78 is 26.9. The van der Waals surface area contributed by atoms with Crippen LogP contribution < -0.4 is 5.32 Å². The van der Waals surface area contributed by atoms with E-state index in [1.54, 1.807) is 0 Å². The Kier molecular flexibility index (Phi) is 39.3. The van der Waals surface area contributed by atoms with E-state index >= 15 is 0 Å². The number of amides is 1. The third-order valence-corrected chi connectivity index (χ3v) is 10.9. The van der Waals surface area contributed by atoms with E-state index in [4.69, 9.17) is 13.8 Å². The molecule has 0 aromatic rings. The Morgan fingerprint density at radius 2 is 0.965 bits per heavy atom. The zero-order chi connectivity index (χ0) is 42.1. The minimum Gasteiger partial charge on any atom is -0.480 e. The van der Waals surface area contributed by atoms with E-state index in [1.807, 2.05) is 0 Å². The molecule has 0 saturated carbocycles. The highest BCUT2D eigenvalue weighted by molar-refractivity contribution is 7.47. The predicted octanol–water partition coefficient (Wildman–Crippen LogP) is 11.8. The van der Waals surface area contributed by atoms with Gasteiger partial charge in [-0.25, -0.2) is 9.36 Å². The number of unbranched alkanes of at least 4 members (excludes halogenated alkanes) is 25. The van der Waals surface area contributed by atoms with Crippen LogP contribution in [-0.4, -0.2) is 64.9 Å². The first-order valence-electron chi connectivity index (χ1n) is 22.9. The number of phosphoric acid groups is 1. The van der Waals surface area contributed by atoms with Crippen LogP contribution in [-0.2, 0) is 32.7 Å².